The minimum absolute atomic E-state index is 0.330. The molecule has 0 radical (unpaired) electrons. The Balaban J connectivity index is 2.30. The number of hydrogen-bond acceptors (Lipinski definition) is 6. The summed E-state index contributed by atoms with van der Waals surface area (Å²) in [5.74, 6) is 0.700. The Labute approximate surface area is 97.7 Å². The molecule has 0 spiro atoms. The maximum Gasteiger partial charge on any atom is 0.481 e. The first-order valence-corrected chi connectivity index (χ1v) is 6.34. The van der Waals surface area contributed by atoms with Gasteiger partial charge < -0.3 is 9.26 Å². The summed E-state index contributed by atoms with van der Waals surface area (Å²) in [5.41, 5.74) is 0.793. The maximum atomic E-state index is 9.00. The molecule has 6 nitrogen and oxygen atoms in total. The summed E-state index contributed by atoms with van der Waals surface area (Å²) in [7, 11) is -2.58. The first kappa shape index (κ1) is 12.0. The lowest BCUT2D eigenvalue weighted by molar-refractivity contribution is 0.326. The van der Waals surface area contributed by atoms with Crippen molar-refractivity contribution in [2.45, 2.75) is 0 Å². The van der Waals surface area contributed by atoms with Crippen LogP contribution < -0.4 is 10.2 Å². The fourth-order valence-electron chi connectivity index (χ4n) is 1.30. The molecule has 0 saturated heterocycles. The second kappa shape index (κ2) is 4.43. The van der Waals surface area contributed by atoms with Gasteiger partial charge in [0.05, 0.1) is 13.2 Å². The van der Waals surface area contributed by atoms with Gasteiger partial charge in [-0.3, -0.25) is 0 Å². The fourth-order valence-corrected chi connectivity index (χ4v) is 1.75. The molecule has 0 bridgehead atoms. The highest BCUT2D eigenvalue weighted by Crippen LogP contribution is 2.43. The number of nitrogens with zero attached hydrogens (tertiary/aromatic N) is 1. The van der Waals surface area contributed by atoms with Gasteiger partial charge in [0.15, 0.2) is 0 Å². The molecule has 0 saturated carbocycles. The summed E-state index contributed by atoms with van der Waals surface area (Å²) in [6, 6.07) is 8.25. The van der Waals surface area contributed by atoms with E-state index in [4.69, 9.17) is 19.4 Å². The van der Waals surface area contributed by atoms with E-state index >= 15 is 0 Å². The van der Waals surface area contributed by atoms with E-state index in [9.17, 15) is 0 Å². The van der Waals surface area contributed by atoms with Crippen molar-refractivity contribution >= 4 is 13.4 Å². The highest BCUT2D eigenvalue weighted by atomic mass is 31.2. The van der Waals surface area contributed by atoms with Gasteiger partial charge in [0, 0.05) is 5.56 Å². The third-order valence-corrected chi connectivity index (χ3v) is 2.98. The summed E-state index contributed by atoms with van der Waals surface area (Å²) in [6.45, 7) is 0. The molecule has 2 aromatic rings. The van der Waals surface area contributed by atoms with Crippen molar-refractivity contribution < 1.29 is 23.9 Å². The van der Waals surface area contributed by atoms with Gasteiger partial charge in [0.25, 0.3) is 0 Å². The van der Waals surface area contributed by atoms with Crippen LogP contribution in [0.1, 0.15) is 0 Å². The molecule has 0 atom stereocenters. The molecule has 17 heavy (non-hydrogen) atoms. The van der Waals surface area contributed by atoms with E-state index in [1.807, 2.05) is 0 Å². The van der Waals surface area contributed by atoms with Gasteiger partial charge in [-0.05, 0) is 24.3 Å². The number of rotatable bonds is 3. The van der Waals surface area contributed by atoms with Crippen molar-refractivity contribution in [3.63, 3.8) is 0 Å². The second-order valence-corrected chi connectivity index (χ2v) is 4.92. The molecule has 7 heteroatoms. The second-order valence-electron chi connectivity index (χ2n) is 3.35. The average Bonchev–Trinajstić information content (AvgIpc) is 2.78. The zero-order valence-electron chi connectivity index (χ0n) is 8.94. The van der Waals surface area contributed by atoms with E-state index in [1.165, 1.54) is 6.07 Å². The molecular weight excluding hydrogens is 245 g/mol. The van der Waals surface area contributed by atoms with Crippen LogP contribution in [0.2, 0.25) is 0 Å². The normalized spacial score (nSPS) is 11.5. The zero-order chi connectivity index (χ0) is 12.5. The van der Waals surface area contributed by atoms with Crippen LogP contribution in [0.3, 0.4) is 0 Å². The SMILES string of the molecule is COc1ccc(-c2cc([P+](O)(O)O)on2)cc1. The van der Waals surface area contributed by atoms with Gasteiger partial charge in [-0.25, -0.2) is 0 Å². The van der Waals surface area contributed by atoms with Gasteiger partial charge in [-0.1, -0.05) is 5.16 Å². The molecule has 90 valence electrons. The highest BCUT2D eigenvalue weighted by molar-refractivity contribution is 7.66. The van der Waals surface area contributed by atoms with Gasteiger partial charge >= 0.3 is 13.4 Å². The van der Waals surface area contributed by atoms with Crippen molar-refractivity contribution in [2.75, 3.05) is 7.11 Å². The van der Waals surface area contributed by atoms with Gasteiger partial charge in [0.2, 0.25) is 0 Å². The maximum absolute atomic E-state index is 9.00. The summed E-state index contributed by atoms with van der Waals surface area (Å²) in [5, 5.41) is 3.64. The minimum Gasteiger partial charge on any atom is -0.497 e. The van der Waals surface area contributed by atoms with Crippen LogP contribution in [0.4, 0.5) is 0 Å². The van der Waals surface area contributed by atoms with Crippen LogP contribution in [0, 0.1) is 0 Å². The Kier molecular flexibility index (Phi) is 3.13. The predicted octanol–water partition coefficient (Wildman–Crippen LogP) is 0.715. The third-order valence-electron chi connectivity index (χ3n) is 2.18. The lowest BCUT2D eigenvalue weighted by atomic mass is 10.1. The van der Waals surface area contributed by atoms with Crippen molar-refractivity contribution in [2.24, 2.45) is 0 Å². The quantitative estimate of drug-likeness (QED) is 0.700. The Morgan fingerprint density at radius 3 is 2.29 bits per heavy atom. The molecule has 2 rings (SSSR count). The summed E-state index contributed by atoms with van der Waals surface area (Å²) in [6.07, 6.45) is 0. The summed E-state index contributed by atoms with van der Waals surface area (Å²) < 4.78 is 9.66. The van der Waals surface area contributed by atoms with Crippen LogP contribution >= 0.6 is 7.94 Å². The summed E-state index contributed by atoms with van der Waals surface area (Å²) in [4.78, 5) is 27.0. The smallest absolute Gasteiger partial charge is 0.481 e. The lowest BCUT2D eigenvalue weighted by Crippen LogP contribution is -2.05. The van der Waals surface area contributed by atoms with E-state index in [0.29, 0.717) is 17.0 Å². The van der Waals surface area contributed by atoms with E-state index in [0.717, 1.165) is 0 Å². The first-order chi connectivity index (χ1) is 8.00. The van der Waals surface area contributed by atoms with Crippen molar-refractivity contribution in [1.29, 1.82) is 0 Å². The number of hydrogen-bond donors (Lipinski definition) is 3. The van der Waals surface area contributed by atoms with Crippen LogP contribution in [0.25, 0.3) is 11.3 Å². The molecule has 1 heterocycles. The molecule has 0 fully saturated rings. The Hall–Kier alpha value is -1.46. The van der Waals surface area contributed by atoms with Gasteiger partial charge in [-0.15, -0.1) is 0 Å². The summed E-state index contributed by atoms with van der Waals surface area (Å²) >= 11 is 0. The van der Waals surface area contributed by atoms with Crippen molar-refractivity contribution in [3.05, 3.63) is 30.3 Å². The van der Waals surface area contributed by atoms with Gasteiger partial charge in [0.1, 0.15) is 11.4 Å². The van der Waals surface area contributed by atoms with Crippen LogP contribution in [0.5, 0.6) is 5.75 Å². The molecular formula is C10H11NO5P+. The van der Waals surface area contributed by atoms with E-state index < -0.39 is 7.94 Å². The number of ether oxygens (including phenoxy) is 1. The number of methoxy groups -OCH3 is 1. The predicted molar refractivity (Wildman–Crippen MR) is 61.7 cm³/mol. The van der Waals surface area contributed by atoms with Crippen molar-refractivity contribution in [1.82, 2.24) is 5.16 Å². The molecule has 0 unspecified atom stereocenters. The Morgan fingerprint density at radius 1 is 1.18 bits per heavy atom. The average molecular weight is 256 g/mol. The van der Waals surface area contributed by atoms with Gasteiger partial charge in [-0.2, -0.15) is 14.7 Å². The van der Waals surface area contributed by atoms with E-state index in [2.05, 4.69) is 9.68 Å². The highest BCUT2D eigenvalue weighted by Gasteiger charge is 2.40. The van der Waals surface area contributed by atoms with E-state index in [-0.39, 0.29) is 5.50 Å². The third kappa shape index (κ3) is 2.62. The molecule has 1 aromatic carbocycles. The van der Waals surface area contributed by atoms with Crippen LogP contribution in [-0.4, -0.2) is 26.9 Å². The number of aromatic nitrogens is 1. The Morgan fingerprint density at radius 2 is 1.82 bits per heavy atom. The lowest BCUT2D eigenvalue weighted by Gasteiger charge is -1.99. The fraction of sp³-hybridized carbons (Fsp3) is 0.100. The van der Waals surface area contributed by atoms with Crippen LogP contribution in [0.15, 0.2) is 34.9 Å². The molecule has 1 aromatic heterocycles. The standard InChI is InChI=1S/C10H11NO5P/c1-15-8-4-2-7(3-5-8)9-6-10(16-11-9)17(12,13)14/h2-6,12-14H,1H3/q+1. The largest absolute Gasteiger partial charge is 0.497 e. The first-order valence-electron chi connectivity index (χ1n) is 4.70. The van der Waals surface area contributed by atoms with Crippen molar-refractivity contribution in [3.8, 4) is 17.0 Å². The minimum atomic E-state index is -4.14. The zero-order valence-corrected chi connectivity index (χ0v) is 9.83. The monoisotopic (exact) mass is 256 g/mol. The molecule has 0 aliphatic heterocycles. The van der Waals surface area contributed by atoms with E-state index in [1.54, 1.807) is 31.4 Å². The molecule has 0 aliphatic rings. The topological polar surface area (TPSA) is 96.0 Å². The molecule has 0 aliphatic carbocycles. The molecule has 3 N–H and O–H groups in total. The number of benzene rings is 1. The Bertz CT molecular complexity index is 502. The molecule has 0 amide bonds. The van der Waals surface area contributed by atoms with Crippen LogP contribution in [-0.2, 0) is 0 Å².